The van der Waals surface area contributed by atoms with E-state index in [2.05, 4.69) is 16.8 Å². The van der Waals surface area contributed by atoms with Crippen LogP contribution < -0.4 is 0 Å². The van der Waals surface area contributed by atoms with Gasteiger partial charge in [-0.25, -0.2) is 4.79 Å². The number of benzene rings is 1. The van der Waals surface area contributed by atoms with Gasteiger partial charge in [0.25, 0.3) is 0 Å². The van der Waals surface area contributed by atoms with E-state index >= 15 is 0 Å². The van der Waals surface area contributed by atoms with Gasteiger partial charge < -0.3 is 19.3 Å². The maximum atomic E-state index is 11.1. The topological polar surface area (TPSA) is 54.7 Å². The Balaban J connectivity index is 1.64. The van der Waals surface area contributed by atoms with Gasteiger partial charge >= 0.3 is 6.09 Å². The van der Waals surface area contributed by atoms with Gasteiger partial charge in [-0.05, 0) is 42.5 Å². The van der Waals surface area contributed by atoms with E-state index in [4.69, 9.17) is 21.4 Å². The summed E-state index contributed by atoms with van der Waals surface area (Å²) in [6.45, 7) is 3.83. The van der Waals surface area contributed by atoms with Gasteiger partial charge in [-0.1, -0.05) is 11.6 Å². The fraction of sp³-hybridized carbons (Fsp3) is 0.500. The van der Waals surface area contributed by atoms with Crippen molar-refractivity contribution in [1.29, 1.82) is 0 Å². The van der Waals surface area contributed by atoms with Crippen LogP contribution >= 0.6 is 11.6 Å². The number of amides is 1. The van der Waals surface area contributed by atoms with Crippen molar-refractivity contribution in [3.05, 3.63) is 35.0 Å². The van der Waals surface area contributed by atoms with Gasteiger partial charge in [0, 0.05) is 47.7 Å². The van der Waals surface area contributed by atoms with Crippen LogP contribution in [0.2, 0.25) is 5.02 Å². The summed E-state index contributed by atoms with van der Waals surface area (Å²) in [6.07, 6.45) is 3.17. The lowest BCUT2D eigenvalue weighted by Crippen LogP contribution is -2.36. The minimum absolute atomic E-state index is 0.389. The Bertz CT molecular complexity index is 761. The number of likely N-dealkylation sites (tertiary alicyclic amines) is 1. The van der Waals surface area contributed by atoms with E-state index in [1.165, 1.54) is 21.4 Å². The molecule has 0 bridgehead atoms. The number of fused-ring (bicyclic) bond motifs is 1. The highest BCUT2D eigenvalue weighted by Crippen LogP contribution is 2.36. The van der Waals surface area contributed by atoms with Crippen LogP contribution in [0.25, 0.3) is 10.9 Å². The molecule has 2 fully saturated rings. The van der Waals surface area contributed by atoms with Crippen LogP contribution in [0.1, 0.15) is 24.3 Å². The van der Waals surface area contributed by atoms with E-state index in [1.54, 1.807) is 0 Å². The minimum Gasteiger partial charge on any atom is -0.465 e. The molecule has 3 heterocycles. The molecule has 0 aliphatic carbocycles. The normalized spacial score (nSPS) is 19.6. The maximum absolute atomic E-state index is 11.1. The predicted molar refractivity (Wildman–Crippen MR) is 92.8 cm³/mol. The lowest BCUT2D eigenvalue weighted by Gasteiger charge is -2.30. The van der Waals surface area contributed by atoms with Crippen molar-refractivity contribution in [2.75, 3.05) is 26.3 Å². The number of carbonyl (C=O) groups is 1. The maximum Gasteiger partial charge on any atom is 0.407 e. The fourth-order valence-corrected chi connectivity index (χ4v) is 4.00. The SMILES string of the molecule is O=C(O)N1CCC(c2cn(CC3COC3)c3ccc(Cl)cc23)CC1. The number of piperidine rings is 1. The van der Waals surface area contributed by atoms with E-state index in [1.807, 2.05) is 12.1 Å². The monoisotopic (exact) mass is 348 g/mol. The van der Waals surface area contributed by atoms with Gasteiger partial charge in [0.1, 0.15) is 0 Å². The molecule has 1 aromatic carbocycles. The lowest BCUT2D eigenvalue weighted by atomic mass is 9.89. The van der Waals surface area contributed by atoms with Crippen molar-refractivity contribution >= 4 is 28.6 Å². The highest BCUT2D eigenvalue weighted by atomic mass is 35.5. The predicted octanol–water partition coefficient (Wildman–Crippen LogP) is 3.80. The first kappa shape index (κ1) is 15.8. The van der Waals surface area contributed by atoms with Crippen LogP contribution in [0.3, 0.4) is 0 Å². The van der Waals surface area contributed by atoms with Gasteiger partial charge in [0.05, 0.1) is 13.2 Å². The molecule has 2 aromatic rings. The van der Waals surface area contributed by atoms with Crippen molar-refractivity contribution in [3.63, 3.8) is 0 Å². The standard InChI is InChI=1S/C18H21ClN2O3/c19-14-1-2-17-15(7-14)16(9-21(17)8-12-10-24-11-12)13-3-5-20(6-4-13)18(22)23/h1-2,7,9,12-13H,3-6,8,10-11H2,(H,22,23). The summed E-state index contributed by atoms with van der Waals surface area (Å²) < 4.78 is 7.62. The van der Waals surface area contributed by atoms with Crippen molar-refractivity contribution in [2.45, 2.75) is 25.3 Å². The second-order valence-electron chi connectivity index (χ2n) is 6.85. The van der Waals surface area contributed by atoms with Crippen LogP contribution in [0.15, 0.2) is 24.4 Å². The second kappa shape index (κ2) is 6.30. The molecule has 0 saturated carbocycles. The third kappa shape index (κ3) is 2.87. The zero-order chi connectivity index (χ0) is 16.7. The summed E-state index contributed by atoms with van der Waals surface area (Å²) in [7, 11) is 0. The third-order valence-electron chi connectivity index (χ3n) is 5.24. The summed E-state index contributed by atoms with van der Waals surface area (Å²) in [6, 6.07) is 6.07. The Hall–Kier alpha value is -1.72. The molecule has 4 rings (SSSR count). The van der Waals surface area contributed by atoms with E-state index in [-0.39, 0.29) is 0 Å². The number of aromatic nitrogens is 1. The molecule has 0 atom stereocenters. The number of halogens is 1. The molecule has 6 heteroatoms. The van der Waals surface area contributed by atoms with E-state index in [0.717, 1.165) is 37.6 Å². The average molecular weight is 349 g/mol. The van der Waals surface area contributed by atoms with Crippen LogP contribution in [0, 0.1) is 5.92 Å². The highest BCUT2D eigenvalue weighted by Gasteiger charge is 2.27. The van der Waals surface area contributed by atoms with E-state index < -0.39 is 6.09 Å². The molecule has 1 amide bonds. The molecule has 1 N–H and O–H groups in total. The fourth-order valence-electron chi connectivity index (χ4n) is 3.82. The number of nitrogens with zero attached hydrogens (tertiary/aromatic N) is 2. The molecule has 2 aliphatic rings. The zero-order valence-electron chi connectivity index (χ0n) is 13.4. The molecule has 0 spiro atoms. The number of ether oxygens (including phenoxy) is 1. The van der Waals surface area contributed by atoms with E-state index in [9.17, 15) is 4.79 Å². The minimum atomic E-state index is -0.816. The third-order valence-corrected chi connectivity index (χ3v) is 5.48. The van der Waals surface area contributed by atoms with E-state index in [0.29, 0.717) is 24.9 Å². The molecule has 24 heavy (non-hydrogen) atoms. The summed E-state index contributed by atoms with van der Waals surface area (Å²) in [5.74, 6) is 0.971. The first-order chi connectivity index (χ1) is 11.6. The van der Waals surface area contributed by atoms with Gasteiger partial charge in [-0.2, -0.15) is 0 Å². The molecule has 0 unspecified atom stereocenters. The number of rotatable bonds is 3. The number of hydrogen-bond donors (Lipinski definition) is 1. The van der Waals surface area contributed by atoms with Crippen molar-refractivity contribution < 1.29 is 14.6 Å². The first-order valence-electron chi connectivity index (χ1n) is 8.45. The van der Waals surface area contributed by atoms with Gasteiger partial charge in [0.2, 0.25) is 0 Å². The Kier molecular flexibility index (Phi) is 4.14. The zero-order valence-corrected chi connectivity index (χ0v) is 14.2. The van der Waals surface area contributed by atoms with Crippen LogP contribution in [0.5, 0.6) is 0 Å². The summed E-state index contributed by atoms with van der Waals surface area (Å²) in [4.78, 5) is 12.6. The summed E-state index contributed by atoms with van der Waals surface area (Å²) in [5, 5.41) is 11.1. The molecular weight excluding hydrogens is 328 g/mol. The van der Waals surface area contributed by atoms with Crippen LogP contribution in [0.4, 0.5) is 4.79 Å². The molecule has 0 radical (unpaired) electrons. The molecule has 2 saturated heterocycles. The smallest absolute Gasteiger partial charge is 0.407 e. The molecule has 128 valence electrons. The number of hydrogen-bond acceptors (Lipinski definition) is 2. The van der Waals surface area contributed by atoms with Crippen LogP contribution in [-0.4, -0.2) is 47.0 Å². The van der Waals surface area contributed by atoms with Gasteiger partial charge in [0.15, 0.2) is 0 Å². The quantitative estimate of drug-likeness (QED) is 0.917. The van der Waals surface area contributed by atoms with Crippen molar-refractivity contribution in [2.24, 2.45) is 5.92 Å². The molecule has 5 nitrogen and oxygen atoms in total. The Morgan fingerprint density at radius 3 is 2.67 bits per heavy atom. The van der Waals surface area contributed by atoms with Crippen molar-refractivity contribution in [3.8, 4) is 0 Å². The Morgan fingerprint density at radius 1 is 1.29 bits per heavy atom. The van der Waals surface area contributed by atoms with Crippen molar-refractivity contribution in [1.82, 2.24) is 9.47 Å². The highest BCUT2D eigenvalue weighted by molar-refractivity contribution is 6.31. The summed E-state index contributed by atoms with van der Waals surface area (Å²) >= 11 is 6.23. The van der Waals surface area contributed by atoms with Gasteiger partial charge in [-0.3, -0.25) is 0 Å². The Labute approximate surface area is 145 Å². The molecular formula is C18H21ClN2O3. The summed E-state index contributed by atoms with van der Waals surface area (Å²) in [5.41, 5.74) is 2.51. The average Bonchev–Trinajstić information content (AvgIpc) is 2.88. The number of carboxylic acid groups (broad SMARTS) is 1. The van der Waals surface area contributed by atoms with Gasteiger partial charge in [-0.15, -0.1) is 0 Å². The largest absolute Gasteiger partial charge is 0.465 e. The Morgan fingerprint density at radius 2 is 2.04 bits per heavy atom. The molecule has 1 aromatic heterocycles. The molecule has 2 aliphatic heterocycles. The first-order valence-corrected chi connectivity index (χ1v) is 8.83. The second-order valence-corrected chi connectivity index (χ2v) is 7.28. The van der Waals surface area contributed by atoms with Crippen LogP contribution in [-0.2, 0) is 11.3 Å². The lowest BCUT2D eigenvalue weighted by molar-refractivity contribution is -0.0389.